The van der Waals surface area contributed by atoms with Crippen LogP contribution in [0.1, 0.15) is 52.4 Å². The quantitative estimate of drug-likeness (QED) is 0.519. The van der Waals surface area contributed by atoms with Gasteiger partial charge in [-0.3, -0.25) is 0 Å². The first-order valence-electron chi connectivity index (χ1n) is 4.38. The van der Waals surface area contributed by atoms with Gasteiger partial charge in [0.05, 0.1) is 0 Å². The second kappa shape index (κ2) is 16.2. The van der Waals surface area contributed by atoms with Crippen LogP contribution in [0.15, 0.2) is 0 Å². The number of alkyl halides is 1. The van der Waals surface area contributed by atoms with Crippen molar-refractivity contribution in [3.05, 3.63) is 0 Å². The molecule has 0 nitrogen and oxygen atoms in total. The Kier molecular flexibility index (Phi) is 21.3. The second-order valence-electron chi connectivity index (χ2n) is 2.12. The number of halogens is 1. The Morgan fingerprint density at radius 2 is 0.700 bits per heavy atom. The Morgan fingerprint density at radius 3 is 0.800 bits per heavy atom. The summed E-state index contributed by atoms with van der Waals surface area (Å²) in [5, 5.41) is 0. The van der Waals surface area contributed by atoms with Crippen molar-refractivity contribution >= 4 is 15.9 Å². The summed E-state index contributed by atoms with van der Waals surface area (Å²) in [4.78, 5) is 0. The lowest BCUT2D eigenvalue weighted by Gasteiger charge is -2.05. The van der Waals surface area contributed by atoms with E-state index in [0.29, 0.717) is 0 Å². The molecule has 0 spiro atoms. The number of hydrogen-bond acceptors (Lipinski definition) is 0. The molecule has 1 aliphatic rings. The average Bonchev–Trinajstić information content (AvgIpc) is 2.14. The second-order valence-corrected chi connectivity index (χ2v) is 2.12. The van der Waals surface area contributed by atoms with Gasteiger partial charge in [0.2, 0.25) is 0 Å². The van der Waals surface area contributed by atoms with Gasteiger partial charge >= 0.3 is 0 Å². The molecule has 0 aromatic heterocycles. The Hall–Kier alpha value is 0.480. The van der Waals surface area contributed by atoms with Crippen LogP contribution in [0.4, 0.5) is 0 Å². The van der Waals surface area contributed by atoms with Crippen LogP contribution < -0.4 is 0 Å². The van der Waals surface area contributed by atoms with Crippen LogP contribution in [-0.2, 0) is 0 Å². The minimum atomic E-state index is 1.50. The van der Waals surface area contributed by atoms with Crippen molar-refractivity contribution < 1.29 is 0 Å². The Morgan fingerprint density at radius 1 is 0.600 bits per heavy atom. The Labute approximate surface area is 74.5 Å². The highest BCUT2D eigenvalue weighted by Gasteiger charge is 1.95. The van der Waals surface area contributed by atoms with Crippen LogP contribution in [0.25, 0.3) is 0 Å². The first kappa shape index (κ1) is 13.1. The van der Waals surface area contributed by atoms with E-state index in [2.05, 4.69) is 15.9 Å². The molecule has 0 aromatic rings. The molecule has 1 fully saturated rings. The summed E-state index contributed by atoms with van der Waals surface area (Å²) in [6.07, 6.45) is 9.00. The third-order valence-electron chi connectivity index (χ3n) is 1.50. The maximum Gasteiger partial charge on any atom is -0.00848 e. The topological polar surface area (TPSA) is 0 Å². The van der Waals surface area contributed by atoms with E-state index in [0.717, 1.165) is 0 Å². The van der Waals surface area contributed by atoms with Crippen LogP contribution in [0.2, 0.25) is 0 Å². The number of rotatable bonds is 0. The monoisotopic (exact) mass is 208 g/mol. The first-order valence-corrected chi connectivity index (χ1v) is 5.96. The number of hydrogen-bond donors (Lipinski definition) is 0. The van der Waals surface area contributed by atoms with Gasteiger partial charge in [0.25, 0.3) is 0 Å². The molecular weight excluding hydrogens is 188 g/mol. The smallest absolute Gasteiger partial charge is 0.00848 e. The van der Waals surface area contributed by atoms with Gasteiger partial charge in [-0.15, -0.1) is 0 Å². The molecule has 0 unspecified atom stereocenters. The van der Waals surface area contributed by atoms with Crippen molar-refractivity contribution in [2.75, 3.05) is 5.83 Å². The van der Waals surface area contributed by atoms with E-state index in [1.165, 1.54) is 38.5 Å². The lowest BCUT2D eigenvalue weighted by Crippen LogP contribution is -1.85. The zero-order valence-electron chi connectivity index (χ0n) is 7.62. The van der Waals surface area contributed by atoms with Gasteiger partial charge in [-0.1, -0.05) is 68.3 Å². The molecule has 1 aliphatic carbocycles. The maximum absolute atomic E-state index is 2.94. The summed E-state index contributed by atoms with van der Waals surface area (Å²) in [6.45, 7) is 4.00. The van der Waals surface area contributed by atoms with Crippen molar-refractivity contribution in [1.29, 1.82) is 0 Å². The molecular formula is C9H21Br. The molecule has 10 heavy (non-hydrogen) atoms. The molecule has 0 saturated heterocycles. The van der Waals surface area contributed by atoms with Crippen LogP contribution in [-0.4, -0.2) is 5.83 Å². The molecule has 0 heterocycles. The van der Waals surface area contributed by atoms with Crippen molar-refractivity contribution in [2.24, 2.45) is 0 Å². The summed E-state index contributed by atoms with van der Waals surface area (Å²) in [7, 11) is 0. The van der Waals surface area contributed by atoms with Crippen LogP contribution in [0.5, 0.6) is 0 Å². The molecule has 0 amide bonds. The largest absolute Gasteiger partial charge is 0.0966 e. The van der Waals surface area contributed by atoms with Gasteiger partial charge < -0.3 is 0 Å². The SMILES string of the molecule is C1CCCCC1.CBr.CC. The lowest BCUT2D eigenvalue weighted by molar-refractivity contribution is 0.504. The van der Waals surface area contributed by atoms with Gasteiger partial charge in [0, 0.05) is 0 Å². The molecule has 0 N–H and O–H groups in total. The fourth-order valence-electron chi connectivity index (χ4n) is 1.06. The Bertz CT molecular complexity index is 20.2. The highest BCUT2D eigenvalue weighted by Crippen LogP contribution is 2.15. The molecule has 0 bridgehead atoms. The summed E-state index contributed by atoms with van der Waals surface area (Å²) < 4.78 is 0. The third-order valence-corrected chi connectivity index (χ3v) is 1.50. The molecule has 0 atom stereocenters. The summed E-state index contributed by atoms with van der Waals surface area (Å²) >= 11 is 2.94. The predicted octanol–water partition coefficient (Wildman–Crippen LogP) is 4.38. The standard InChI is InChI=1S/C6H12.C2H6.CH3Br/c1-2-4-6-5-3-1;2*1-2/h1-6H2;1-2H3;1H3. The fraction of sp³-hybridized carbons (Fsp3) is 1.00. The van der Waals surface area contributed by atoms with E-state index in [4.69, 9.17) is 0 Å². The van der Waals surface area contributed by atoms with Crippen LogP contribution in [0, 0.1) is 0 Å². The van der Waals surface area contributed by atoms with Gasteiger partial charge in [0.15, 0.2) is 0 Å². The van der Waals surface area contributed by atoms with E-state index < -0.39 is 0 Å². The molecule has 1 saturated carbocycles. The Balaban J connectivity index is 0. The van der Waals surface area contributed by atoms with E-state index >= 15 is 0 Å². The maximum atomic E-state index is 2.94. The van der Waals surface area contributed by atoms with E-state index in [1.54, 1.807) is 0 Å². The van der Waals surface area contributed by atoms with Crippen molar-refractivity contribution in [3.8, 4) is 0 Å². The summed E-state index contributed by atoms with van der Waals surface area (Å²) in [5.74, 6) is 1.81. The fourth-order valence-corrected chi connectivity index (χ4v) is 1.06. The highest BCUT2D eigenvalue weighted by atomic mass is 79.9. The molecule has 64 valence electrons. The van der Waals surface area contributed by atoms with Crippen LogP contribution in [0.3, 0.4) is 0 Å². The van der Waals surface area contributed by atoms with E-state index in [1.807, 2.05) is 19.7 Å². The molecule has 1 heteroatoms. The molecule has 0 aliphatic heterocycles. The van der Waals surface area contributed by atoms with Gasteiger partial charge in [-0.2, -0.15) is 0 Å². The minimum absolute atomic E-state index is 1.50. The van der Waals surface area contributed by atoms with Crippen molar-refractivity contribution in [2.45, 2.75) is 52.4 Å². The summed E-state index contributed by atoms with van der Waals surface area (Å²) in [5.41, 5.74) is 0. The van der Waals surface area contributed by atoms with E-state index in [9.17, 15) is 0 Å². The molecule has 1 rings (SSSR count). The average molecular weight is 209 g/mol. The summed E-state index contributed by atoms with van der Waals surface area (Å²) in [6, 6.07) is 0. The minimum Gasteiger partial charge on any atom is -0.0966 e. The van der Waals surface area contributed by atoms with Crippen LogP contribution >= 0.6 is 15.9 Å². The van der Waals surface area contributed by atoms with Gasteiger partial charge in [0.1, 0.15) is 0 Å². The molecule has 0 radical (unpaired) electrons. The van der Waals surface area contributed by atoms with Gasteiger partial charge in [-0.05, 0) is 5.83 Å². The first-order chi connectivity index (χ1) is 5.00. The third kappa shape index (κ3) is 11.3. The zero-order valence-corrected chi connectivity index (χ0v) is 9.21. The zero-order chi connectivity index (χ0) is 8.24. The normalized spacial score (nSPS) is 15.6. The lowest BCUT2D eigenvalue weighted by atomic mass is 10.0. The molecule has 0 aromatic carbocycles. The van der Waals surface area contributed by atoms with Gasteiger partial charge in [-0.25, -0.2) is 0 Å². The van der Waals surface area contributed by atoms with Crippen molar-refractivity contribution in [3.63, 3.8) is 0 Å². The highest BCUT2D eigenvalue weighted by molar-refractivity contribution is 9.08. The van der Waals surface area contributed by atoms with Crippen molar-refractivity contribution in [1.82, 2.24) is 0 Å². The van der Waals surface area contributed by atoms with E-state index in [-0.39, 0.29) is 0 Å². The predicted molar refractivity (Wildman–Crippen MR) is 53.9 cm³/mol.